The predicted molar refractivity (Wildman–Crippen MR) is 36.8 cm³/mol. The Bertz CT molecular complexity index is 233. The first-order chi connectivity index (χ1) is 4.74. The molecule has 1 aromatic rings. The molecule has 0 atom stereocenters. The second kappa shape index (κ2) is 2.66. The van der Waals surface area contributed by atoms with Crippen LogP contribution < -0.4 is 0 Å². The zero-order valence-corrected chi connectivity index (χ0v) is 5.56. The summed E-state index contributed by atoms with van der Waals surface area (Å²) in [6, 6.07) is 1.54. The smallest absolute Gasteiger partial charge is 0.431 e. The van der Waals surface area contributed by atoms with E-state index in [1.165, 1.54) is 4.59 Å². The van der Waals surface area contributed by atoms with Crippen LogP contribution in [0.25, 0.3) is 0 Å². The van der Waals surface area contributed by atoms with Crippen molar-refractivity contribution in [3.05, 3.63) is 18.0 Å². The Hall–Kier alpha value is -1.10. The van der Waals surface area contributed by atoms with Crippen molar-refractivity contribution >= 4 is 13.3 Å². The largest absolute Gasteiger partial charge is 0.431 e. The van der Waals surface area contributed by atoms with Gasteiger partial charge in [-0.15, -0.1) is 0 Å². The van der Waals surface area contributed by atoms with Gasteiger partial charge in [0.05, 0.1) is 0 Å². The van der Waals surface area contributed by atoms with E-state index < -0.39 is 7.05 Å². The number of carbonyl (C=O) groups is 1. The van der Waals surface area contributed by atoms with Gasteiger partial charge in [0.15, 0.2) is 6.29 Å². The zero-order chi connectivity index (χ0) is 7.56. The van der Waals surface area contributed by atoms with Gasteiger partial charge in [0.1, 0.15) is 5.69 Å². The number of carbonyl (C=O) groups excluding carboxylic acids is 1. The quantitative estimate of drug-likeness (QED) is 0.449. The Balaban J connectivity index is 2.88. The lowest BCUT2D eigenvalue weighted by molar-refractivity contribution is 0.111. The second-order valence-electron chi connectivity index (χ2n) is 1.97. The van der Waals surface area contributed by atoms with Gasteiger partial charge in [0.2, 0.25) is 0 Å². The molecule has 5 heteroatoms. The summed E-state index contributed by atoms with van der Waals surface area (Å²) in [5, 5.41) is 12.6. The minimum atomic E-state index is -0.673. The molecule has 0 unspecified atom stereocenters. The van der Waals surface area contributed by atoms with E-state index >= 15 is 0 Å². The third kappa shape index (κ3) is 1.25. The van der Waals surface area contributed by atoms with Crippen LogP contribution >= 0.6 is 0 Å². The van der Waals surface area contributed by atoms with Crippen LogP contribution in [0.2, 0.25) is 6.82 Å². The third-order valence-corrected chi connectivity index (χ3v) is 1.13. The summed E-state index contributed by atoms with van der Waals surface area (Å²) in [7, 11) is -0.673. The molecule has 0 aliphatic carbocycles. The molecule has 0 bridgehead atoms. The summed E-state index contributed by atoms with van der Waals surface area (Å²) in [5.74, 6) is 0. The molecule has 1 rings (SSSR count). The van der Waals surface area contributed by atoms with Crippen LogP contribution in [0, 0.1) is 0 Å². The Labute approximate surface area is 58.6 Å². The fraction of sp³-hybridized carbons (Fsp3) is 0.200. The minimum Gasteiger partial charge on any atom is -0.431 e. The van der Waals surface area contributed by atoms with Gasteiger partial charge in [-0.2, -0.15) is 5.10 Å². The topological polar surface area (TPSA) is 55.1 Å². The molecular formula is C5H7BN2O2. The van der Waals surface area contributed by atoms with E-state index in [1.807, 2.05) is 0 Å². The Kier molecular flexibility index (Phi) is 1.87. The highest BCUT2D eigenvalue weighted by Gasteiger charge is 2.06. The van der Waals surface area contributed by atoms with E-state index in [0.717, 1.165) is 0 Å². The van der Waals surface area contributed by atoms with Gasteiger partial charge in [-0.05, 0) is 12.9 Å². The van der Waals surface area contributed by atoms with Crippen molar-refractivity contribution in [1.82, 2.24) is 9.69 Å². The average molecular weight is 138 g/mol. The first-order valence-corrected chi connectivity index (χ1v) is 2.92. The van der Waals surface area contributed by atoms with Crippen LogP contribution in [0.4, 0.5) is 0 Å². The Morgan fingerprint density at radius 3 is 2.90 bits per heavy atom. The number of aromatic nitrogens is 2. The zero-order valence-electron chi connectivity index (χ0n) is 5.56. The highest BCUT2D eigenvalue weighted by atomic mass is 16.2. The number of nitrogens with zero attached hydrogens (tertiary/aromatic N) is 2. The van der Waals surface area contributed by atoms with E-state index in [1.54, 1.807) is 19.1 Å². The normalized spacial score (nSPS) is 9.40. The predicted octanol–water partition coefficient (Wildman–Crippen LogP) is -0.346. The van der Waals surface area contributed by atoms with Crippen molar-refractivity contribution < 1.29 is 9.82 Å². The van der Waals surface area contributed by atoms with Crippen LogP contribution in [0.3, 0.4) is 0 Å². The molecule has 52 valence electrons. The van der Waals surface area contributed by atoms with E-state index in [-0.39, 0.29) is 0 Å². The molecule has 0 radical (unpaired) electrons. The third-order valence-electron chi connectivity index (χ3n) is 1.13. The van der Waals surface area contributed by atoms with Crippen molar-refractivity contribution in [3.63, 3.8) is 0 Å². The van der Waals surface area contributed by atoms with Crippen molar-refractivity contribution in [2.45, 2.75) is 6.82 Å². The maximum Gasteiger partial charge on any atom is 0.431 e. The first kappa shape index (κ1) is 7.02. The lowest BCUT2D eigenvalue weighted by Crippen LogP contribution is -2.20. The van der Waals surface area contributed by atoms with Gasteiger partial charge in [0, 0.05) is 6.20 Å². The summed E-state index contributed by atoms with van der Waals surface area (Å²) in [5.41, 5.74) is 0.334. The summed E-state index contributed by atoms with van der Waals surface area (Å²) >= 11 is 0. The Morgan fingerprint density at radius 2 is 2.60 bits per heavy atom. The van der Waals surface area contributed by atoms with Crippen LogP contribution in [-0.4, -0.2) is 28.1 Å². The van der Waals surface area contributed by atoms with Crippen molar-refractivity contribution in [2.75, 3.05) is 0 Å². The van der Waals surface area contributed by atoms with Crippen LogP contribution in [0.15, 0.2) is 12.3 Å². The molecule has 1 N–H and O–H groups in total. The van der Waals surface area contributed by atoms with Gasteiger partial charge in [-0.3, -0.25) is 9.39 Å². The highest BCUT2D eigenvalue weighted by molar-refractivity contribution is 6.46. The summed E-state index contributed by atoms with van der Waals surface area (Å²) in [6.07, 6.45) is 2.19. The maximum atomic E-state index is 10.1. The summed E-state index contributed by atoms with van der Waals surface area (Å²) < 4.78 is 1.31. The summed E-state index contributed by atoms with van der Waals surface area (Å²) in [6.45, 7) is 1.57. The molecule has 10 heavy (non-hydrogen) atoms. The molecule has 0 fully saturated rings. The standard InChI is InChI=1S/C5H7BN2O2/c1-6(10)8-3-2-5(4-9)7-8/h2-4,10H,1H3. The fourth-order valence-electron chi connectivity index (χ4n) is 0.624. The molecule has 0 aromatic carbocycles. The molecule has 0 saturated heterocycles. The maximum absolute atomic E-state index is 10.1. The molecule has 1 aromatic heterocycles. The summed E-state index contributed by atoms with van der Waals surface area (Å²) in [4.78, 5) is 10.1. The first-order valence-electron chi connectivity index (χ1n) is 2.92. The molecule has 4 nitrogen and oxygen atoms in total. The van der Waals surface area contributed by atoms with Gasteiger partial charge in [-0.1, -0.05) is 0 Å². The van der Waals surface area contributed by atoms with Gasteiger partial charge >= 0.3 is 7.05 Å². The van der Waals surface area contributed by atoms with E-state index in [0.29, 0.717) is 12.0 Å². The molecule has 0 spiro atoms. The number of aldehydes is 1. The monoisotopic (exact) mass is 138 g/mol. The number of hydrogen-bond donors (Lipinski definition) is 1. The van der Waals surface area contributed by atoms with Crippen LogP contribution in [0.5, 0.6) is 0 Å². The lowest BCUT2D eigenvalue weighted by Gasteiger charge is -1.95. The fourth-order valence-corrected chi connectivity index (χ4v) is 0.624. The number of rotatable bonds is 2. The second-order valence-corrected chi connectivity index (χ2v) is 1.97. The van der Waals surface area contributed by atoms with Gasteiger partial charge < -0.3 is 5.02 Å². The SMILES string of the molecule is CB(O)n1ccc(C=O)n1. The van der Waals surface area contributed by atoms with Crippen molar-refractivity contribution in [3.8, 4) is 0 Å². The van der Waals surface area contributed by atoms with Crippen molar-refractivity contribution in [2.24, 2.45) is 0 Å². The molecule has 0 saturated carbocycles. The highest BCUT2D eigenvalue weighted by Crippen LogP contribution is 1.91. The lowest BCUT2D eigenvalue weighted by atomic mass is 9.90. The van der Waals surface area contributed by atoms with E-state index in [2.05, 4.69) is 5.10 Å². The van der Waals surface area contributed by atoms with Crippen LogP contribution in [-0.2, 0) is 0 Å². The molecule has 0 amide bonds. The van der Waals surface area contributed by atoms with Crippen molar-refractivity contribution in [1.29, 1.82) is 0 Å². The number of hydrogen-bond acceptors (Lipinski definition) is 3. The molecule has 1 heterocycles. The average Bonchev–Trinajstić information content (AvgIpc) is 2.34. The van der Waals surface area contributed by atoms with Crippen LogP contribution in [0.1, 0.15) is 10.5 Å². The minimum absolute atomic E-state index is 0.334. The van der Waals surface area contributed by atoms with E-state index in [4.69, 9.17) is 5.02 Å². The molecule has 0 aliphatic rings. The Morgan fingerprint density at radius 1 is 1.90 bits per heavy atom. The van der Waals surface area contributed by atoms with E-state index in [9.17, 15) is 4.79 Å². The van der Waals surface area contributed by atoms with Gasteiger partial charge in [-0.25, -0.2) is 0 Å². The molecule has 0 aliphatic heterocycles. The van der Waals surface area contributed by atoms with Gasteiger partial charge in [0.25, 0.3) is 0 Å². The molecular weight excluding hydrogens is 131 g/mol.